The van der Waals surface area contributed by atoms with Gasteiger partial charge in [0.25, 0.3) is 5.56 Å². The minimum Gasteiger partial charge on any atom is -0.481 e. The van der Waals surface area contributed by atoms with Crippen molar-refractivity contribution in [2.24, 2.45) is 11.8 Å². The number of carboxylic acids is 1. The lowest BCUT2D eigenvalue weighted by atomic mass is 9.99. The number of nitrogens with one attached hydrogen (secondary N) is 1. The lowest BCUT2D eigenvalue weighted by molar-refractivity contribution is -0.142. The second kappa shape index (κ2) is 4.67. The number of carboxylic acid groups (broad SMARTS) is 1. The number of aliphatic carboxylic acids is 1. The smallest absolute Gasteiger partial charge is 0.308 e. The SMILES string of the molecule is CC1CN(c2cc3ccccc3c(=O)[nH]2)CC1C(=O)O. The number of aromatic nitrogens is 1. The number of H-pyrrole nitrogens is 1. The molecule has 0 bridgehead atoms. The Labute approximate surface area is 115 Å². The highest BCUT2D eigenvalue weighted by Crippen LogP contribution is 2.27. The monoisotopic (exact) mass is 272 g/mol. The normalized spacial score (nSPS) is 22.4. The maximum atomic E-state index is 12.1. The summed E-state index contributed by atoms with van der Waals surface area (Å²) < 4.78 is 0. The van der Waals surface area contributed by atoms with Gasteiger partial charge in [0.15, 0.2) is 0 Å². The molecule has 2 aromatic rings. The van der Waals surface area contributed by atoms with Gasteiger partial charge in [-0.3, -0.25) is 9.59 Å². The number of aromatic amines is 1. The highest BCUT2D eigenvalue weighted by Gasteiger charge is 2.35. The van der Waals surface area contributed by atoms with Gasteiger partial charge in [0.1, 0.15) is 5.82 Å². The van der Waals surface area contributed by atoms with Gasteiger partial charge in [-0.05, 0) is 23.4 Å². The van der Waals surface area contributed by atoms with Crippen LogP contribution in [0.2, 0.25) is 0 Å². The van der Waals surface area contributed by atoms with E-state index in [1.54, 1.807) is 6.07 Å². The summed E-state index contributed by atoms with van der Waals surface area (Å²) in [5, 5.41) is 10.7. The molecular formula is C15H16N2O3. The van der Waals surface area contributed by atoms with Crippen LogP contribution in [0.1, 0.15) is 6.92 Å². The molecule has 5 heteroatoms. The third-order valence-corrected chi connectivity index (χ3v) is 4.01. The van der Waals surface area contributed by atoms with Crippen LogP contribution >= 0.6 is 0 Å². The van der Waals surface area contributed by atoms with Gasteiger partial charge in [0.2, 0.25) is 0 Å². The Bertz CT molecular complexity index is 722. The minimum absolute atomic E-state index is 0.0717. The molecule has 1 fully saturated rings. The zero-order chi connectivity index (χ0) is 14.3. The van der Waals surface area contributed by atoms with E-state index in [9.17, 15) is 14.7 Å². The number of carbonyl (C=O) groups is 1. The molecule has 1 aromatic heterocycles. The van der Waals surface area contributed by atoms with Crippen LogP contribution in [0.3, 0.4) is 0 Å². The standard InChI is InChI=1S/C15H16N2O3/c1-9-7-17(8-12(9)15(19)20)13-6-10-4-2-3-5-11(10)14(18)16-13/h2-6,9,12H,7-8H2,1H3,(H,16,18)(H,19,20). The number of hydrogen-bond donors (Lipinski definition) is 2. The van der Waals surface area contributed by atoms with Gasteiger partial charge in [-0.15, -0.1) is 0 Å². The number of rotatable bonds is 2. The fourth-order valence-electron chi connectivity index (χ4n) is 2.85. The van der Waals surface area contributed by atoms with E-state index in [2.05, 4.69) is 4.98 Å². The van der Waals surface area contributed by atoms with Gasteiger partial charge < -0.3 is 15.0 Å². The third-order valence-electron chi connectivity index (χ3n) is 4.01. The van der Waals surface area contributed by atoms with Crippen molar-refractivity contribution in [3.05, 3.63) is 40.7 Å². The maximum absolute atomic E-state index is 12.1. The number of pyridine rings is 1. The van der Waals surface area contributed by atoms with Crippen molar-refractivity contribution in [2.45, 2.75) is 6.92 Å². The molecular weight excluding hydrogens is 256 g/mol. The van der Waals surface area contributed by atoms with E-state index < -0.39 is 5.97 Å². The van der Waals surface area contributed by atoms with Crippen molar-refractivity contribution < 1.29 is 9.90 Å². The summed E-state index contributed by atoms with van der Waals surface area (Å²) in [7, 11) is 0. The predicted octanol–water partition coefficient (Wildman–Crippen LogP) is 1.69. The van der Waals surface area contributed by atoms with E-state index in [0.717, 1.165) is 5.39 Å². The first kappa shape index (κ1) is 12.7. The average Bonchev–Trinajstić information content (AvgIpc) is 2.81. The highest BCUT2D eigenvalue weighted by atomic mass is 16.4. The fourth-order valence-corrected chi connectivity index (χ4v) is 2.85. The number of nitrogens with zero attached hydrogens (tertiary/aromatic N) is 1. The molecule has 0 amide bonds. The zero-order valence-electron chi connectivity index (χ0n) is 11.2. The average molecular weight is 272 g/mol. The Balaban J connectivity index is 2.00. The van der Waals surface area contributed by atoms with Crippen molar-refractivity contribution >= 4 is 22.6 Å². The zero-order valence-corrected chi connectivity index (χ0v) is 11.2. The second-order valence-electron chi connectivity index (χ2n) is 5.40. The first-order chi connectivity index (χ1) is 9.56. The van der Waals surface area contributed by atoms with Crippen LogP contribution in [0.25, 0.3) is 10.8 Å². The number of fused-ring (bicyclic) bond motifs is 1. The van der Waals surface area contributed by atoms with Crippen molar-refractivity contribution in [1.29, 1.82) is 0 Å². The summed E-state index contributed by atoms with van der Waals surface area (Å²) in [4.78, 5) is 28.0. The second-order valence-corrected chi connectivity index (χ2v) is 5.40. The van der Waals surface area contributed by atoms with Gasteiger partial charge in [0, 0.05) is 18.5 Å². The van der Waals surface area contributed by atoms with Gasteiger partial charge in [0.05, 0.1) is 5.92 Å². The van der Waals surface area contributed by atoms with E-state index in [0.29, 0.717) is 24.3 Å². The van der Waals surface area contributed by atoms with E-state index in [-0.39, 0.29) is 17.4 Å². The quantitative estimate of drug-likeness (QED) is 0.872. The van der Waals surface area contributed by atoms with Crippen LogP contribution in [0.15, 0.2) is 35.1 Å². The molecule has 104 valence electrons. The summed E-state index contributed by atoms with van der Waals surface area (Å²) in [5.74, 6) is -0.389. The van der Waals surface area contributed by atoms with E-state index >= 15 is 0 Å². The van der Waals surface area contributed by atoms with Gasteiger partial charge in [-0.1, -0.05) is 25.1 Å². The molecule has 5 nitrogen and oxygen atoms in total. The third kappa shape index (κ3) is 2.05. The first-order valence-electron chi connectivity index (χ1n) is 6.66. The summed E-state index contributed by atoms with van der Waals surface area (Å²) in [6, 6.07) is 9.30. The fraction of sp³-hybridized carbons (Fsp3) is 0.333. The first-order valence-corrected chi connectivity index (χ1v) is 6.66. The van der Waals surface area contributed by atoms with E-state index in [1.165, 1.54) is 0 Å². The number of hydrogen-bond acceptors (Lipinski definition) is 3. The topological polar surface area (TPSA) is 73.4 Å². The van der Waals surface area contributed by atoms with Gasteiger partial charge in [-0.25, -0.2) is 0 Å². The number of benzene rings is 1. The Morgan fingerprint density at radius 1 is 1.35 bits per heavy atom. The van der Waals surface area contributed by atoms with Crippen LogP contribution in [-0.4, -0.2) is 29.1 Å². The lowest BCUT2D eigenvalue weighted by Gasteiger charge is -2.18. The molecule has 0 saturated carbocycles. The van der Waals surface area contributed by atoms with Crippen LogP contribution < -0.4 is 10.5 Å². The van der Waals surface area contributed by atoms with Crippen molar-refractivity contribution in [3.8, 4) is 0 Å². The van der Waals surface area contributed by atoms with Crippen LogP contribution in [-0.2, 0) is 4.79 Å². The molecule has 2 heterocycles. The molecule has 2 atom stereocenters. The van der Waals surface area contributed by atoms with Gasteiger partial charge >= 0.3 is 5.97 Å². The molecule has 3 rings (SSSR count). The molecule has 2 unspecified atom stereocenters. The Hall–Kier alpha value is -2.30. The largest absolute Gasteiger partial charge is 0.481 e. The Kier molecular flexibility index (Phi) is 2.97. The highest BCUT2D eigenvalue weighted by molar-refractivity contribution is 5.84. The van der Waals surface area contributed by atoms with Crippen molar-refractivity contribution in [2.75, 3.05) is 18.0 Å². The molecule has 1 aliphatic rings. The van der Waals surface area contributed by atoms with Crippen LogP contribution in [0.5, 0.6) is 0 Å². The van der Waals surface area contributed by atoms with Crippen LogP contribution in [0, 0.1) is 11.8 Å². The van der Waals surface area contributed by atoms with Crippen molar-refractivity contribution in [1.82, 2.24) is 4.98 Å². The Morgan fingerprint density at radius 3 is 2.80 bits per heavy atom. The summed E-state index contributed by atoms with van der Waals surface area (Å²) in [6.07, 6.45) is 0. The molecule has 2 N–H and O–H groups in total. The van der Waals surface area contributed by atoms with Crippen LogP contribution in [0.4, 0.5) is 5.82 Å². The Morgan fingerprint density at radius 2 is 2.10 bits per heavy atom. The minimum atomic E-state index is -0.775. The maximum Gasteiger partial charge on any atom is 0.308 e. The molecule has 0 radical (unpaired) electrons. The summed E-state index contributed by atoms with van der Waals surface area (Å²) in [5.41, 5.74) is -0.135. The predicted molar refractivity (Wildman–Crippen MR) is 77.1 cm³/mol. The molecule has 0 aliphatic carbocycles. The van der Waals surface area contributed by atoms with Crippen molar-refractivity contribution in [3.63, 3.8) is 0 Å². The lowest BCUT2D eigenvalue weighted by Crippen LogP contribution is -2.25. The molecule has 20 heavy (non-hydrogen) atoms. The molecule has 1 saturated heterocycles. The summed E-state index contributed by atoms with van der Waals surface area (Å²) in [6.45, 7) is 3.01. The molecule has 1 aliphatic heterocycles. The molecule has 1 aromatic carbocycles. The van der Waals surface area contributed by atoms with Gasteiger partial charge in [-0.2, -0.15) is 0 Å². The van der Waals surface area contributed by atoms with E-state index in [1.807, 2.05) is 36.1 Å². The summed E-state index contributed by atoms with van der Waals surface area (Å²) >= 11 is 0. The molecule has 0 spiro atoms. The number of anilines is 1. The van der Waals surface area contributed by atoms with E-state index in [4.69, 9.17) is 0 Å².